The van der Waals surface area contributed by atoms with Gasteiger partial charge in [-0.1, -0.05) is 23.7 Å². The maximum Gasteiger partial charge on any atom is 0.0595 e. The molecule has 0 aliphatic carbocycles. The average Bonchev–Trinajstić information content (AvgIpc) is 2.10. The molecule has 1 rings (SSSR count). The van der Waals surface area contributed by atoms with E-state index in [1.54, 1.807) is 0 Å². The van der Waals surface area contributed by atoms with Crippen molar-refractivity contribution < 1.29 is 5.11 Å². The number of halogens is 1. The Balaban J connectivity index is 2.60. The third kappa shape index (κ3) is 4.20. The second-order valence-electron chi connectivity index (χ2n) is 4.15. The Morgan fingerprint density at radius 2 is 2.13 bits per heavy atom. The second kappa shape index (κ2) is 5.50. The summed E-state index contributed by atoms with van der Waals surface area (Å²) >= 11 is 5.92. The summed E-state index contributed by atoms with van der Waals surface area (Å²) in [5.74, 6) is 0. The minimum absolute atomic E-state index is 0.0356. The fraction of sp³-hybridized carbons (Fsp3) is 0.500. The van der Waals surface area contributed by atoms with Crippen molar-refractivity contribution >= 4 is 11.6 Å². The zero-order chi connectivity index (χ0) is 11.4. The van der Waals surface area contributed by atoms with Gasteiger partial charge in [0.25, 0.3) is 0 Å². The molecular formula is C12H18ClNO. The molecule has 0 heterocycles. The van der Waals surface area contributed by atoms with Gasteiger partial charge in [-0.3, -0.25) is 0 Å². The van der Waals surface area contributed by atoms with Crippen molar-refractivity contribution in [3.05, 3.63) is 34.3 Å². The molecule has 2 nitrogen and oxygen atoms in total. The van der Waals surface area contributed by atoms with Gasteiger partial charge in [0, 0.05) is 11.1 Å². The monoisotopic (exact) mass is 227 g/mol. The van der Waals surface area contributed by atoms with Crippen molar-refractivity contribution in [3.8, 4) is 0 Å². The molecule has 0 amide bonds. The van der Waals surface area contributed by atoms with Crippen LogP contribution in [-0.2, 0) is 6.42 Å². The highest BCUT2D eigenvalue weighted by molar-refractivity contribution is 6.31. The summed E-state index contributed by atoms with van der Waals surface area (Å²) < 4.78 is 0. The van der Waals surface area contributed by atoms with E-state index in [4.69, 9.17) is 17.3 Å². The van der Waals surface area contributed by atoms with Crippen molar-refractivity contribution in [3.63, 3.8) is 0 Å². The van der Waals surface area contributed by atoms with Crippen LogP contribution in [0.15, 0.2) is 18.2 Å². The largest absolute Gasteiger partial charge is 0.393 e. The Labute approximate surface area is 96.1 Å². The molecule has 1 aromatic rings. The quantitative estimate of drug-likeness (QED) is 0.829. The Morgan fingerprint density at radius 3 is 2.67 bits per heavy atom. The van der Waals surface area contributed by atoms with Gasteiger partial charge in [-0.25, -0.2) is 0 Å². The first-order chi connectivity index (χ1) is 6.99. The Bertz CT molecular complexity index is 325. The summed E-state index contributed by atoms with van der Waals surface area (Å²) in [7, 11) is 0. The molecule has 0 radical (unpaired) electrons. The van der Waals surface area contributed by atoms with Crippen LogP contribution < -0.4 is 5.73 Å². The second-order valence-corrected chi connectivity index (χ2v) is 4.56. The van der Waals surface area contributed by atoms with Crippen LogP contribution in [0.4, 0.5) is 0 Å². The van der Waals surface area contributed by atoms with Crippen LogP contribution in [0.5, 0.6) is 0 Å². The minimum Gasteiger partial charge on any atom is -0.393 e. The topological polar surface area (TPSA) is 46.2 Å². The highest BCUT2D eigenvalue weighted by Gasteiger charge is 2.08. The number of benzene rings is 1. The fourth-order valence-corrected chi connectivity index (χ4v) is 1.74. The van der Waals surface area contributed by atoms with E-state index >= 15 is 0 Å². The Kier molecular flexibility index (Phi) is 4.58. The van der Waals surface area contributed by atoms with Gasteiger partial charge in [-0.05, 0) is 43.9 Å². The van der Waals surface area contributed by atoms with Crippen LogP contribution in [0.2, 0.25) is 5.02 Å². The highest BCUT2D eigenvalue weighted by atomic mass is 35.5. The Morgan fingerprint density at radius 1 is 1.47 bits per heavy atom. The van der Waals surface area contributed by atoms with Crippen LogP contribution in [0.1, 0.15) is 24.5 Å². The van der Waals surface area contributed by atoms with E-state index in [0.717, 1.165) is 16.1 Å². The van der Waals surface area contributed by atoms with Crippen molar-refractivity contribution in [2.24, 2.45) is 5.73 Å². The van der Waals surface area contributed by atoms with Gasteiger partial charge in [0.15, 0.2) is 0 Å². The lowest BCUT2D eigenvalue weighted by atomic mass is 10.0. The lowest BCUT2D eigenvalue weighted by Crippen LogP contribution is -2.24. The van der Waals surface area contributed by atoms with Gasteiger partial charge in [-0.15, -0.1) is 0 Å². The first kappa shape index (κ1) is 12.5. The number of hydrogen-bond acceptors (Lipinski definition) is 2. The van der Waals surface area contributed by atoms with Gasteiger partial charge in [0.05, 0.1) is 6.10 Å². The van der Waals surface area contributed by atoms with Crippen LogP contribution in [-0.4, -0.2) is 17.3 Å². The van der Waals surface area contributed by atoms with E-state index in [1.165, 1.54) is 0 Å². The molecule has 0 aliphatic rings. The molecule has 0 fully saturated rings. The summed E-state index contributed by atoms with van der Waals surface area (Å²) in [6.07, 6.45) is 0.895. The molecule has 1 aromatic carbocycles. The van der Waals surface area contributed by atoms with Crippen molar-refractivity contribution in [2.75, 3.05) is 0 Å². The molecule has 3 N–H and O–H groups in total. The zero-order valence-electron chi connectivity index (χ0n) is 9.20. The molecule has 2 atom stereocenters. The Hall–Kier alpha value is -0.570. The lowest BCUT2D eigenvalue weighted by molar-refractivity contribution is 0.158. The molecule has 0 saturated heterocycles. The summed E-state index contributed by atoms with van der Waals surface area (Å²) in [6, 6.07) is 5.85. The summed E-state index contributed by atoms with van der Waals surface area (Å²) in [6.45, 7) is 3.86. The van der Waals surface area contributed by atoms with E-state index in [1.807, 2.05) is 32.0 Å². The van der Waals surface area contributed by atoms with Gasteiger partial charge in [-0.2, -0.15) is 0 Å². The van der Waals surface area contributed by atoms with Gasteiger partial charge in [0.1, 0.15) is 0 Å². The van der Waals surface area contributed by atoms with Crippen molar-refractivity contribution in [2.45, 2.75) is 38.8 Å². The molecule has 84 valence electrons. The van der Waals surface area contributed by atoms with Gasteiger partial charge >= 0.3 is 0 Å². The first-order valence-corrected chi connectivity index (χ1v) is 5.55. The van der Waals surface area contributed by atoms with Gasteiger partial charge in [0.2, 0.25) is 0 Å². The molecule has 0 aromatic heterocycles. The van der Waals surface area contributed by atoms with Crippen LogP contribution >= 0.6 is 11.6 Å². The fourth-order valence-electron chi connectivity index (χ4n) is 1.62. The SMILES string of the molecule is Cc1cc(CC(O)C[C@@H](C)N)ccc1Cl. The van der Waals surface area contributed by atoms with E-state index < -0.39 is 0 Å². The number of aliphatic hydroxyl groups is 1. The van der Waals surface area contributed by atoms with Crippen molar-refractivity contribution in [1.82, 2.24) is 0 Å². The summed E-state index contributed by atoms with van der Waals surface area (Å²) in [5, 5.41) is 10.5. The van der Waals surface area contributed by atoms with Gasteiger partial charge < -0.3 is 10.8 Å². The molecule has 0 saturated carbocycles. The maximum absolute atomic E-state index is 9.72. The van der Waals surface area contributed by atoms with E-state index in [0.29, 0.717) is 12.8 Å². The normalized spacial score (nSPS) is 15.0. The van der Waals surface area contributed by atoms with E-state index in [2.05, 4.69) is 0 Å². The third-order valence-electron chi connectivity index (χ3n) is 2.34. The summed E-state index contributed by atoms with van der Waals surface area (Å²) in [5.41, 5.74) is 7.77. The highest BCUT2D eigenvalue weighted by Crippen LogP contribution is 2.17. The smallest absolute Gasteiger partial charge is 0.0595 e. The van der Waals surface area contributed by atoms with Crippen LogP contribution in [0.25, 0.3) is 0 Å². The predicted octanol–water partition coefficient (Wildman–Crippen LogP) is 2.29. The molecule has 0 aliphatic heterocycles. The molecule has 15 heavy (non-hydrogen) atoms. The van der Waals surface area contributed by atoms with Crippen LogP contribution in [0.3, 0.4) is 0 Å². The lowest BCUT2D eigenvalue weighted by Gasteiger charge is -2.13. The number of aryl methyl sites for hydroxylation is 1. The molecule has 0 spiro atoms. The standard InChI is InChI=1S/C12H18ClNO/c1-8-5-10(3-4-12(8)13)7-11(15)6-9(2)14/h3-5,9,11,15H,6-7,14H2,1-2H3/t9-,11?/m1/s1. The van der Waals surface area contributed by atoms with Crippen molar-refractivity contribution in [1.29, 1.82) is 0 Å². The molecule has 1 unspecified atom stereocenters. The average molecular weight is 228 g/mol. The van der Waals surface area contributed by atoms with E-state index in [9.17, 15) is 5.11 Å². The molecule has 3 heteroatoms. The van der Waals surface area contributed by atoms with Crippen LogP contribution in [0, 0.1) is 6.92 Å². The third-order valence-corrected chi connectivity index (χ3v) is 2.76. The predicted molar refractivity (Wildman–Crippen MR) is 64.2 cm³/mol. The zero-order valence-corrected chi connectivity index (χ0v) is 9.96. The first-order valence-electron chi connectivity index (χ1n) is 5.17. The number of nitrogens with two attached hydrogens (primary N) is 1. The minimum atomic E-state index is -0.370. The molecular weight excluding hydrogens is 210 g/mol. The maximum atomic E-state index is 9.72. The van der Waals surface area contributed by atoms with E-state index in [-0.39, 0.29) is 12.1 Å². The number of aliphatic hydroxyl groups excluding tert-OH is 1. The molecule has 0 bridgehead atoms. The summed E-state index contributed by atoms with van der Waals surface area (Å²) in [4.78, 5) is 0. The number of hydrogen-bond donors (Lipinski definition) is 2. The number of rotatable bonds is 4.